The zero-order valence-corrected chi connectivity index (χ0v) is 12.9. The molecule has 2 heterocycles. The van der Waals surface area contributed by atoms with E-state index < -0.39 is 0 Å². The van der Waals surface area contributed by atoms with Crippen LogP contribution in [0, 0.1) is 11.8 Å². The fraction of sp³-hybridized carbons (Fsp3) is 0.562. The number of aromatic nitrogens is 2. The van der Waals surface area contributed by atoms with E-state index in [2.05, 4.69) is 29.3 Å². The standard InChI is InChI=1S/C16H21N3O3/c1-3-10(2)13(17-15(20)11-6-4-7-11)16-18-14(19-22-16)12-8-5-9-21-12/h5,8-11,13H,3-4,6-7H2,1-2H3,(H,17,20)/t10-,13+/m1/s1. The van der Waals surface area contributed by atoms with Gasteiger partial charge in [0.05, 0.1) is 6.26 Å². The summed E-state index contributed by atoms with van der Waals surface area (Å²) in [5.41, 5.74) is 0. The van der Waals surface area contributed by atoms with Gasteiger partial charge in [0.25, 0.3) is 0 Å². The van der Waals surface area contributed by atoms with Crippen molar-refractivity contribution in [3.63, 3.8) is 0 Å². The summed E-state index contributed by atoms with van der Waals surface area (Å²) in [6, 6.07) is 3.30. The van der Waals surface area contributed by atoms with Gasteiger partial charge in [0, 0.05) is 5.92 Å². The first-order valence-corrected chi connectivity index (χ1v) is 7.87. The molecule has 3 rings (SSSR count). The fourth-order valence-corrected chi connectivity index (χ4v) is 2.49. The zero-order valence-electron chi connectivity index (χ0n) is 12.9. The van der Waals surface area contributed by atoms with E-state index in [1.54, 1.807) is 18.4 Å². The van der Waals surface area contributed by atoms with Crippen LogP contribution in [0.15, 0.2) is 27.3 Å². The third kappa shape index (κ3) is 2.91. The maximum atomic E-state index is 12.2. The lowest BCUT2D eigenvalue weighted by Crippen LogP contribution is -2.39. The van der Waals surface area contributed by atoms with Crippen LogP contribution in [0.4, 0.5) is 0 Å². The zero-order chi connectivity index (χ0) is 15.5. The molecule has 2 atom stereocenters. The lowest BCUT2D eigenvalue weighted by atomic mass is 9.84. The van der Waals surface area contributed by atoms with Crippen molar-refractivity contribution in [3.8, 4) is 11.6 Å². The van der Waals surface area contributed by atoms with Crippen LogP contribution in [0.3, 0.4) is 0 Å². The molecule has 1 N–H and O–H groups in total. The number of nitrogens with zero attached hydrogens (tertiary/aromatic N) is 2. The Hall–Kier alpha value is -2.11. The topological polar surface area (TPSA) is 81.2 Å². The Kier molecular flexibility index (Phi) is 4.27. The predicted molar refractivity (Wildman–Crippen MR) is 79.7 cm³/mol. The molecule has 6 nitrogen and oxygen atoms in total. The molecule has 1 saturated carbocycles. The van der Waals surface area contributed by atoms with Crippen LogP contribution in [0.2, 0.25) is 0 Å². The van der Waals surface area contributed by atoms with Gasteiger partial charge in [-0.05, 0) is 30.9 Å². The molecule has 1 aliphatic carbocycles. The van der Waals surface area contributed by atoms with Gasteiger partial charge in [-0.2, -0.15) is 4.98 Å². The van der Waals surface area contributed by atoms with E-state index in [0.717, 1.165) is 25.7 Å². The molecule has 2 aromatic heterocycles. The Morgan fingerprint density at radius 2 is 2.32 bits per heavy atom. The second kappa shape index (κ2) is 6.34. The molecule has 6 heteroatoms. The van der Waals surface area contributed by atoms with Crippen molar-refractivity contribution in [3.05, 3.63) is 24.3 Å². The Balaban J connectivity index is 1.78. The summed E-state index contributed by atoms with van der Waals surface area (Å²) >= 11 is 0. The van der Waals surface area contributed by atoms with Crippen molar-refractivity contribution in [1.82, 2.24) is 15.5 Å². The summed E-state index contributed by atoms with van der Waals surface area (Å²) in [4.78, 5) is 16.6. The molecule has 1 amide bonds. The van der Waals surface area contributed by atoms with E-state index in [4.69, 9.17) is 8.94 Å². The van der Waals surface area contributed by atoms with E-state index in [1.165, 1.54) is 0 Å². The second-order valence-electron chi connectivity index (χ2n) is 5.93. The summed E-state index contributed by atoms with van der Waals surface area (Å²) in [7, 11) is 0. The smallest absolute Gasteiger partial charge is 0.249 e. The van der Waals surface area contributed by atoms with Crippen LogP contribution >= 0.6 is 0 Å². The largest absolute Gasteiger partial charge is 0.461 e. The highest BCUT2D eigenvalue weighted by molar-refractivity contribution is 5.79. The molecule has 0 bridgehead atoms. The first-order chi connectivity index (χ1) is 10.7. The molecular weight excluding hydrogens is 282 g/mol. The summed E-state index contributed by atoms with van der Waals surface area (Å²) < 4.78 is 10.6. The van der Waals surface area contributed by atoms with E-state index in [1.807, 2.05) is 0 Å². The molecule has 0 radical (unpaired) electrons. The highest BCUT2D eigenvalue weighted by Crippen LogP contribution is 2.30. The minimum Gasteiger partial charge on any atom is -0.461 e. The number of nitrogens with one attached hydrogen (secondary N) is 1. The minimum atomic E-state index is -0.255. The molecule has 0 saturated heterocycles. The number of hydrogen-bond donors (Lipinski definition) is 1. The quantitative estimate of drug-likeness (QED) is 0.885. The Morgan fingerprint density at radius 3 is 2.91 bits per heavy atom. The van der Waals surface area contributed by atoms with Crippen molar-refractivity contribution in [2.75, 3.05) is 0 Å². The molecule has 22 heavy (non-hydrogen) atoms. The normalized spacial score (nSPS) is 17.7. The first-order valence-electron chi connectivity index (χ1n) is 7.87. The van der Waals surface area contributed by atoms with Gasteiger partial charge in [-0.25, -0.2) is 0 Å². The Morgan fingerprint density at radius 1 is 1.50 bits per heavy atom. The van der Waals surface area contributed by atoms with Crippen LogP contribution in [0.5, 0.6) is 0 Å². The highest BCUT2D eigenvalue weighted by atomic mass is 16.5. The number of carbonyl (C=O) groups is 1. The van der Waals surface area contributed by atoms with Gasteiger partial charge in [-0.15, -0.1) is 0 Å². The van der Waals surface area contributed by atoms with Crippen molar-refractivity contribution >= 4 is 5.91 Å². The van der Waals surface area contributed by atoms with Gasteiger partial charge < -0.3 is 14.3 Å². The molecule has 0 spiro atoms. The second-order valence-corrected chi connectivity index (χ2v) is 5.93. The highest BCUT2D eigenvalue weighted by Gasteiger charge is 2.31. The number of rotatable bonds is 6. The molecule has 0 unspecified atom stereocenters. The summed E-state index contributed by atoms with van der Waals surface area (Å²) in [6.45, 7) is 4.15. The average molecular weight is 303 g/mol. The van der Waals surface area contributed by atoms with Gasteiger partial charge in [0.1, 0.15) is 6.04 Å². The number of hydrogen-bond acceptors (Lipinski definition) is 5. The molecule has 0 aliphatic heterocycles. The first kappa shape index (κ1) is 14.8. The van der Waals surface area contributed by atoms with Crippen LogP contribution < -0.4 is 5.32 Å². The number of carbonyl (C=O) groups excluding carboxylic acids is 1. The van der Waals surface area contributed by atoms with E-state index in [9.17, 15) is 4.79 Å². The molecule has 2 aromatic rings. The Bertz CT molecular complexity index is 616. The van der Waals surface area contributed by atoms with Crippen molar-refractivity contribution in [1.29, 1.82) is 0 Å². The van der Waals surface area contributed by atoms with Crippen molar-refractivity contribution in [2.45, 2.75) is 45.6 Å². The van der Waals surface area contributed by atoms with E-state index >= 15 is 0 Å². The van der Waals surface area contributed by atoms with E-state index in [0.29, 0.717) is 17.5 Å². The van der Waals surface area contributed by atoms with Crippen LogP contribution in [0.25, 0.3) is 11.6 Å². The van der Waals surface area contributed by atoms with Crippen LogP contribution in [-0.4, -0.2) is 16.0 Å². The molecule has 1 aliphatic rings. The van der Waals surface area contributed by atoms with Crippen molar-refractivity contribution in [2.24, 2.45) is 11.8 Å². The monoisotopic (exact) mass is 303 g/mol. The minimum absolute atomic E-state index is 0.0919. The summed E-state index contributed by atoms with van der Waals surface area (Å²) in [5.74, 6) is 1.85. The van der Waals surface area contributed by atoms with Gasteiger partial charge in [-0.3, -0.25) is 4.79 Å². The van der Waals surface area contributed by atoms with Crippen molar-refractivity contribution < 1.29 is 13.7 Å². The maximum absolute atomic E-state index is 12.2. The predicted octanol–water partition coefficient (Wildman–Crippen LogP) is 3.33. The summed E-state index contributed by atoms with van der Waals surface area (Å²) in [5, 5.41) is 7.03. The van der Waals surface area contributed by atoms with Gasteiger partial charge >= 0.3 is 0 Å². The lowest BCUT2D eigenvalue weighted by molar-refractivity contribution is -0.128. The third-order valence-electron chi connectivity index (χ3n) is 4.44. The molecule has 118 valence electrons. The average Bonchev–Trinajstić information content (AvgIpc) is 3.12. The van der Waals surface area contributed by atoms with Gasteiger partial charge in [-0.1, -0.05) is 31.8 Å². The number of amides is 1. The van der Waals surface area contributed by atoms with Gasteiger partial charge in [0.2, 0.25) is 17.6 Å². The third-order valence-corrected chi connectivity index (χ3v) is 4.44. The molecular formula is C16H21N3O3. The van der Waals surface area contributed by atoms with Gasteiger partial charge in [0.15, 0.2) is 5.76 Å². The molecule has 0 aromatic carbocycles. The molecule has 1 fully saturated rings. The Labute approximate surface area is 129 Å². The van der Waals surface area contributed by atoms with Crippen LogP contribution in [0.1, 0.15) is 51.5 Å². The lowest BCUT2D eigenvalue weighted by Gasteiger charge is -2.28. The van der Waals surface area contributed by atoms with Crippen LogP contribution in [-0.2, 0) is 4.79 Å². The fourth-order valence-electron chi connectivity index (χ4n) is 2.49. The van der Waals surface area contributed by atoms with E-state index in [-0.39, 0.29) is 23.8 Å². The number of furan rings is 1. The summed E-state index contributed by atoms with van der Waals surface area (Å²) in [6.07, 6.45) is 5.56. The maximum Gasteiger partial charge on any atom is 0.249 e. The SMILES string of the molecule is CC[C@@H](C)[C@H](NC(=O)C1CCC1)c1nc(-c2ccco2)no1.